The Hall–Kier alpha value is -2.18. The zero-order chi connectivity index (χ0) is 17.8. The van der Waals surface area contributed by atoms with E-state index in [9.17, 15) is 4.79 Å². The number of nitrogens with zero attached hydrogens (tertiary/aromatic N) is 2. The molecule has 0 saturated heterocycles. The fourth-order valence-corrected chi connectivity index (χ4v) is 3.94. The summed E-state index contributed by atoms with van der Waals surface area (Å²) >= 11 is 2.96. The largest absolute Gasteiger partial charge is 0.497 e. The summed E-state index contributed by atoms with van der Waals surface area (Å²) in [5.74, 6) is 1.19. The first kappa shape index (κ1) is 17.6. The quantitative estimate of drug-likeness (QED) is 0.598. The summed E-state index contributed by atoms with van der Waals surface area (Å²) in [4.78, 5) is 20.1. The molecule has 4 nitrogen and oxygen atoms in total. The molecular formula is C19H20N2O2S2. The van der Waals surface area contributed by atoms with Crippen LogP contribution in [0.15, 0.2) is 47.2 Å². The van der Waals surface area contributed by atoms with Crippen LogP contribution in [0.25, 0.3) is 11.3 Å². The maximum absolute atomic E-state index is 12.9. The van der Waals surface area contributed by atoms with Crippen molar-refractivity contribution in [1.29, 1.82) is 0 Å². The highest BCUT2D eigenvalue weighted by atomic mass is 32.1. The van der Waals surface area contributed by atoms with Crippen molar-refractivity contribution in [2.45, 2.75) is 13.8 Å². The molecule has 2 aromatic heterocycles. The third-order valence-corrected chi connectivity index (χ3v) is 5.36. The van der Waals surface area contributed by atoms with E-state index in [-0.39, 0.29) is 5.91 Å². The number of carbonyl (C=O) groups is 1. The number of anilines is 1. The van der Waals surface area contributed by atoms with Crippen LogP contribution in [0.2, 0.25) is 0 Å². The van der Waals surface area contributed by atoms with E-state index in [2.05, 4.69) is 13.8 Å². The lowest BCUT2D eigenvalue weighted by molar-refractivity contribution is 0.0987. The van der Waals surface area contributed by atoms with Crippen LogP contribution < -0.4 is 9.64 Å². The van der Waals surface area contributed by atoms with Gasteiger partial charge < -0.3 is 4.74 Å². The molecule has 0 saturated carbocycles. The summed E-state index contributed by atoms with van der Waals surface area (Å²) < 4.78 is 5.20. The minimum Gasteiger partial charge on any atom is -0.497 e. The van der Waals surface area contributed by atoms with Crippen molar-refractivity contribution in [3.8, 4) is 17.0 Å². The predicted octanol–water partition coefficient (Wildman–Crippen LogP) is 5.18. The van der Waals surface area contributed by atoms with Crippen LogP contribution >= 0.6 is 22.7 Å². The van der Waals surface area contributed by atoms with Crippen LogP contribution in [0.1, 0.15) is 23.5 Å². The van der Waals surface area contributed by atoms with Crippen molar-refractivity contribution in [3.05, 3.63) is 52.0 Å². The van der Waals surface area contributed by atoms with Gasteiger partial charge in [0.25, 0.3) is 5.91 Å². The lowest BCUT2D eigenvalue weighted by atomic mass is 10.2. The molecule has 0 bridgehead atoms. The Balaban J connectivity index is 1.89. The van der Waals surface area contributed by atoms with Gasteiger partial charge in [0.15, 0.2) is 5.13 Å². The molecule has 0 aliphatic rings. The van der Waals surface area contributed by atoms with E-state index in [1.54, 1.807) is 12.0 Å². The molecule has 1 aromatic carbocycles. The molecule has 1 amide bonds. The van der Waals surface area contributed by atoms with Gasteiger partial charge in [-0.15, -0.1) is 22.7 Å². The van der Waals surface area contributed by atoms with Gasteiger partial charge >= 0.3 is 0 Å². The molecule has 0 unspecified atom stereocenters. The molecule has 0 atom stereocenters. The summed E-state index contributed by atoms with van der Waals surface area (Å²) in [6.07, 6.45) is 0. The summed E-state index contributed by atoms with van der Waals surface area (Å²) in [6, 6.07) is 11.5. The number of thiazole rings is 1. The normalized spacial score (nSPS) is 10.9. The number of amides is 1. The molecule has 0 aliphatic heterocycles. The van der Waals surface area contributed by atoms with Gasteiger partial charge in [0.2, 0.25) is 0 Å². The Kier molecular flexibility index (Phi) is 5.50. The number of ether oxygens (including phenoxy) is 1. The summed E-state index contributed by atoms with van der Waals surface area (Å²) in [5.41, 5.74) is 1.88. The molecule has 3 aromatic rings. The minimum atomic E-state index is 0.0133. The topological polar surface area (TPSA) is 42.4 Å². The van der Waals surface area contributed by atoms with Gasteiger partial charge in [-0.25, -0.2) is 4.98 Å². The highest BCUT2D eigenvalue weighted by molar-refractivity contribution is 7.14. The van der Waals surface area contributed by atoms with E-state index in [1.165, 1.54) is 22.7 Å². The van der Waals surface area contributed by atoms with Gasteiger partial charge in [-0.05, 0) is 41.6 Å². The molecular weight excluding hydrogens is 352 g/mol. The molecule has 0 N–H and O–H groups in total. The zero-order valence-electron chi connectivity index (χ0n) is 14.4. The molecule has 2 heterocycles. The number of benzene rings is 1. The second-order valence-corrected chi connectivity index (χ2v) is 7.81. The van der Waals surface area contributed by atoms with Crippen LogP contribution in [0, 0.1) is 5.92 Å². The Morgan fingerprint density at radius 2 is 1.96 bits per heavy atom. The predicted molar refractivity (Wildman–Crippen MR) is 105 cm³/mol. The Bertz CT molecular complexity index is 823. The van der Waals surface area contributed by atoms with E-state index < -0.39 is 0 Å². The van der Waals surface area contributed by atoms with Crippen LogP contribution in [0.3, 0.4) is 0 Å². The van der Waals surface area contributed by atoms with Crippen molar-refractivity contribution in [3.63, 3.8) is 0 Å². The summed E-state index contributed by atoms with van der Waals surface area (Å²) in [5, 5.41) is 4.65. The first-order valence-corrected chi connectivity index (χ1v) is 9.79. The lowest BCUT2D eigenvalue weighted by Crippen LogP contribution is -2.33. The summed E-state index contributed by atoms with van der Waals surface area (Å²) in [7, 11) is 1.65. The standard InChI is InChI=1S/C19H20N2O2S2/c1-13(2)11-21(18(22)17-5-4-10-24-17)19-20-16(12-25-19)14-6-8-15(23-3)9-7-14/h4-10,12-13H,11H2,1-3H3. The smallest absolute Gasteiger partial charge is 0.270 e. The van der Waals surface area contributed by atoms with Crippen LogP contribution in [-0.4, -0.2) is 24.5 Å². The Labute approximate surface area is 155 Å². The van der Waals surface area contributed by atoms with Gasteiger partial charge in [0.05, 0.1) is 17.7 Å². The average molecular weight is 373 g/mol. The number of methoxy groups -OCH3 is 1. The summed E-state index contributed by atoms with van der Waals surface area (Å²) in [6.45, 7) is 4.85. The van der Waals surface area contributed by atoms with Crippen molar-refractivity contribution < 1.29 is 9.53 Å². The van der Waals surface area contributed by atoms with Crippen molar-refractivity contribution in [2.24, 2.45) is 5.92 Å². The van der Waals surface area contributed by atoms with Gasteiger partial charge in [0, 0.05) is 17.5 Å². The van der Waals surface area contributed by atoms with Gasteiger partial charge in [-0.2, -0.15) is 0 Å². The van der Waals surface area contributed by atoms with Crippen LogP contribution in [-0.2, 0) is 0 Å². The van der Waals surface area contributed by atoms with Gasteiger partial charge in [0.1, 0.15) is 5.75 Å². The number of rotatable bonds is 6. The molecule has 0 spiro atoms. The van der Waals surface area contributed by atoms with E-state index in [4.69, 9.17) is 9.72 Å². The van der Waals surface area contributed by atoms with Crippen molar-refractivity contribution >= 4 is 33.7 Å². The average Bonchev–Trinajstić information content (AvgIpc) is 3.31. The number of aromatic nitrogens is 1. The van der Waals surface area contributed by atoms with Gasteiger partial charge in [-0.1, -0.05) is 19.9 Å². The number of thiophene rings is 1. The second kappa shape index (κ2) is 7.80. The molecule has 3 rings (SSSR count). The number of carbonyl (C=O) groups excluding carboxylic acids is 1. The van der Waals surface area contributed by atoms with E-state index in [0.717, 1.165) is 27.0 Å². The SMILES string of the molecule is COc1ccc(-c2csc(N(CC(C)C)C(=O)c3cccs3)n2)cc1. The van der Waals surface area contributed by atoms with Crippen molar-refractivity contribution in [1.82, 2.24) is 4.98 Å². The zero-order valence-corrected chi connectivity index (χ0v) is 16.1. The van der Waals surface area contributed by atoms with Gasteiger partial charge in [-0.3, -0.25) is 9.69 Å². The fraction of sp³-hybridized carbons (Fsp3) is 0.263. The van der Waals surface area contributed by atoms with E-state index in [0.29, 0.717) is 12.5 Å². The molecule has 6 heteroatoms. The first-order valence-electron chi connectivity index (χ1n) is 8.04. The third kappa shape index (κ3) is 4.08. The maximum atomic E-state index is 12.9. The lowest BCUT2D eigenvalue weighted by Gasteiger charge is -2.21. The highest BCUT2D eigenvalue weighted by Crippen LogP contribution is 2.30. The minimum absolute atomic E-state index is 0.0133. The van der Waals surface area contributed by atoms with Crippen LogP contribution in [0.5, 0.6) is 5.75 Å². The molecule has 130 valence electrons. The molecule has 0 fully saturated rings. The molecule has 0 radical (unpaired) electrons. The monoisotopic (exact) mass is 372 g/mol. The van der Waals surface area contributed by atoms with E-state index in [1.807, 2.05) is 47.2 Å². The molecule has 0 aliphatic carbocycles. The van der Waals surface area contributed by atoms with E-state index >= 15 is 0 Å². The van der Waals surface area contributed by atoms with Crippen LogP contribution in [0.4, 0.5) is 5.13 Å². The third-order valence-electron chi connectivity index (χ3n) is 3.63. The highest BCUT2D eigenvalue weighted by Gasteiger charge is 2.22. The maximum Gasteiger partial charge on any atom is 0.270 e. The first-order chi connectivity index (χ1) is 12.1. The Morgan fingerprint density at radius 3 is 2.56 bits per heavy atom. The Morgan fingerprint density at radius 1 is 1.20 bits per heavy atom. The fourth-order valence-electron chi connectivity index (χ4n) is 2.43. The number of hydrogen-bond donors (Lipinski definition) is 0. The number of hydrogen-bond acceptors (Lipinski definition) is 5. The second-order valence-electron chi connectivity index (χ2n) is 6.03. The van der Waals surface area contributed by atoms with Crippen molar-refractivity contribution in [2.75, 3.05) is 18.6 Å². The molecule has 25 heavy (non-hydrogen) atoms.